The number of rotatable bonds is 2. The molecule has 4 nitrogen and oxygen atoms in total. The predicted molar refractivity (Wildman–Crippen MR) is 85.8 cm³/mol. The van der Waals surface area contributed by atoms with Gasteiger partial charge in [0, 0.05) is 0 Å². The average molecular weight is 300 g/mol. The van der Waals surface area contributed by atoms with Crippen LogP contribution in [0.1, 0.15) is 43.0 Å². The molecule has 0 radical (unpaired) electrons. The first-order valence-electron chi connectivity index (χ1n) is 6.83. The summed E-state index contributed by atoms with van der Waals surface area (Å²) >= 11 is 0. The molecule has 0 saturated heterocycles. The molecule has 2 aromatic rings. The van der Waals surface area contributed by atoms with Crippen molar-refractivity contribution in [1.82, 2.24) is 0 Å². The number of aryl methyl sites for hydroxylation is 4. The van der Waals surface area contributed by atoms with Crippen molar-refractivity contribution >= 4 is 11.9 Å². The third kappa shape index (κ3) is 4.74. The SMILES string of the molecule is Cc1ccc(C(=O)O)c(C)c1.Cc1ccc(C)c(C(=O)O)c1. The van der Waals surface area contributed by atoms with Crippen LogP contribution in [0, 0.1) is 27.7 Å². The smallest absolute Gasteiger partial charge is 0.335 e. The number of carboxylic acids is 2. The summed E-state index contributed by atoms with van der Waals surface area (Å²) in [5.74, 6) is -1.71. The number of carbonyl (C=O) groups is 2. The lowest BCUT2D eigenvalue weighted by molar-refractivity contribution is 0.0685. The molecule has 0 unspecified atom stereocenters. The van der Waals surface area contributed by atoms with Crippen molar-refractivity contribution < 1.29 is 19.8 Å². The highest BCUT2D eigenvalue weighted by molar-refractivity contribution is 5.89. The quantitative estimate of drug-likeness (QED) is 0.879. The zero-order valence-corrected chi connectivity index (χ0v) is 13.2. The van der Waals surface area contributed by atoms with Crippen molar-refractivity contribution in [1.29, 1.82) is 0 Å². The van der Waals surface area contributed by atoms with Crippen molar-refractivity contribution in [2.75, 3.05) is 0 Å². The van der Waals surface area contributed by atoms with Gasteiger partial charge in [0.15, 0.2) is 0 Å². The lowest BCUT2D eigenvalue weighted by Crippen LogP contribution is -1.99. The van der Waals surface area contributed by atoms with E-state index in [9.17, 15) is 9.59 Å². The molecule has 0 saturated carbocycles. The van der Waals surface area contributed by atoms with Crippen molar-refractivity contribution in [3.8, 4) is 0 Å². The largest absolute Gasteiger partial charge is 0.478 e. The molecule has 0 aliphatic heterocycles. The summed E-state index contributed by atoms with van der Waals surface area (Å²) in [6.07, 6.45) is 0. The first-order chi connectivity index (χ1) is 10.2. The molecule has 0 aliphatic rings. The Labute approximate surface area is 130 Å². The molecule has 0 bridgehead atoms. The van der Waals surface area contributed by atoms with Gasteiger partial charge in [0.2, 0.25) is 0 Å². The van der Waals surface area contributed by atoms with Gasteiger partial charge in [0.1, 0.15) is 0 Å². The van der Waals surface area contributed by atoms with Crippen molar-refractivity contribution in [3.63, 3.8) is 0 Å². The van der Waals surface area contributed by atoms with E-state index >= 15 is 0 Å². The Morgan fingerprint density at radius 1 is 0.682 bits per heavy atom. The molecular formula is C18H20O4. The molecule has 0 fully saturated rings. The van der Waals surface area contributed by atoms with E-state index in [2.05, 4.69) is 0 Å². The fourth-order valence-corrected chi connectivity index (χ4v) is 2.02. The summed E-state index contributed by atoms with van der Waals surface area (Å²) < 4.78 is 0. The van der Waals surface area contributed by atoms with Gasteiger partial charge in [-0.2, -0.15) is 0 Å². The Morgan fingerprint density at radius 3 is 1.64 bits per heavy atom. The van der Waals surface area contributed by atoms with Crippen LogP contribution >= 0.6 is 0 Å². The Kier molecular flexibility index (Phi) is 5.87. The van der Waals surface area contributed by atoms with Gasteiger partial charge in [-0.15, -0.1) is 0 Å². The maximum atomic E-state index is 10.6. The normalized spacial score (nSPS) is 9.64. The van der Waals surface area contributed by atoms with E-state index in [0.29, 0.717) is 11.1 Å². The van der Waals surface area contributed by atoms with Gasteiger partial charge in [-0.05, 0) is 51.0 Å². The van der Waals surface area contributed by atoms with Crippen molar-refractivity contribution in [3.05, 3.63) is 69.8 Å². The number of hydrogen-bond donors (Lipinski definition) is 2. The number of hydrogen-bond acceptors (Lipinski definition) is 2. The lowest BCUT2D eigenvalue weighted by Gasteiger charge is -2.00. The Bertz CT molecular complexity index is 702. The molecule has 4 heteroatoms. The van der Waals surface area contributed by atoms with E-state index in [1.165, 1.54) is 0 Å². The molecule has 0 atom stereocenters. The maximum Gasteiger partial charge on any atom is 0.335 e. The minimum atomic E-state index is -0.859. The Morgan fingerprint density at radius 2 is 1.18 bits per heavy atom. The van der Waals surface area contributed by atoms with Crippen LogP contribution in [0.4, 0.5) is 0 Å². The van der Waals surface area contributed by atoms with Gasteiger partial charge < -0.3 is 10.2 Å². The molecule has 2 N–H and O–H groups in total. The first-order valence-corrected chi connectivity index (χ1v) is 6.83. The first kappa shape index (κ1) is 17.4. The van der Waals surface area contributed by atoms with E-state index in [1.807, 2.05) is 32.0 Å². The van der Waals surface area contributed by atoms with Gasteiger partial charge in [-0.25, -0.2) is 9.59 Å². The Hall–Kier alpha value is -2.62. The van der Waals surface area contributed by atoms with Crippen LogP contribution in [0.2, 0.25) is 0 Å². The molecule has 0 aliphatic carbocycles. The molecule has 0 heterocycles. The van der Waals surface area contributed by atoms with Crippen molar-refractivity contribution in [2.24, 2.45) is 0 Å². The van der Waals surface area contributed by atoms with Crippen LogP contribution in [0.5, 0.6) is 0 Å². The summed E-state index contributed by atoms with van der Waals surface area (Å²) in [6, 6.07) is 10.7. The summed E-state index contributed by atoms with van der Waals surface area (Å²) in [6.45, 7) is 7.42. The standard InChI is InChI=1S/2C9H10O2/c1-6-3-4-8(9(10)11)7(2)5-6;1-6-3-4-7(2)8(5-6)9(10)11/h2*3-5H,1-2H3,(H,10,11). The topological polar surface area (TPSA) is 74.6 Å². The highest BCUT2D eigenvalue weighted by Crippen LogP contribution is 2.10. The fourth-order valence-electron chi connectivity index (χ4n) is 2.02. The maximum absolute atomic E-state index is 10.6. The third-order valence-electron chi connectivity index (χ3n) is 3.24. The molecule has 22 heavy (non-hydrogen) atoms. The summed E-state index contributed by atoms with van der Waals surface area (Å²) in [5, 5.41) is 17.3. The molecule has 2 rings (SSSR count). The zero-order valence-electron chi connectivity index (χ0n) is 13.2. The summed E-state index contributed by atoms with van der Waals surface area (Å²) in [7, 11) is 0. The van der Waals surface area contributed by atoms with Crippen LogP contribution in [0.15, 0.2) is 36.4 Å². The second-order valence-electron chi connectivity index (χ2n) is 5.25. The van der Waals surface area contributed by atoms with Crippen molar-refractivity contribution in [2.45, 2.75) is 27.7 Å². The molecule has 2 aromatic carbocycles. The molecule has 116 valence electrons. The van der Waals surface area contributed by atoms with Crippen LogP contribution < -0.4 is 0 Å². The predicted octanol–water partition coefficient (Wildman–Crippen LogP) is 4.00. The van der Waals surface area contributed by atoms with E-state index < -0.39 is 11.9 Å². The molecular weight excluding hydrogens is 280 g/mol. The zero-order chi connectivity index (χ0) is 16.9. The third-order valence-corrected chi connectivity index (χ3v) is 3.24. The van der Waals surface area contributed by atoms with Gasteiger partial charge in [0.25, 0.3) is 0 Å². The lowest BCUT2D eigenvalue weighted by atomic mass is 10.1. The molecule has 0 amide bonds. The number of carboxylic acid groups (broad SMARTS) is 2. The van der Waals surface area contributed by atoms with Gasteiger partial charge >= 0.3 is 11.9 Å². The van der Waals surface area contributed by atoms with E-state index in [0.717, 1.165) is 22.3 Å². The van der Waals surface area contributed by atoms with Gasteiger partial charge in [0.05, 0.1) is 11.1 Å². The minimum absolute atomic E-state index is 0.385. The summed E-state index contributed by atoms with van der Waals surface area (Å²) in [5.41, 5.74) is 4.47. The second-order valence-corrected chi connectivity index (χ2v) is 5.25. The molecule has 0 aromatic heterocycles. The monoisotopic (exact) mass is 300 g/mol. The van der Waals surface area contributed by atoms with Gasteiger partial charge in [-0.1, -0.05) is 35.4 Å². The van der Waals surface area contributed by atoms with Crippen LogP contribution in [-0.2, 0) is 0 Å². The fraction of sp³-hybridized carbons (Fsp3) is 0.222. The van der Waals surface area contributed by atoms with Gasteiger partial charge in [-0.3, -0.25) is 0 Å². The minimum Gasteiger partial charge on any atom is -0.478 e. The highest BCUT2D eigenvalue weighted by atomic mass is 16.4. The molecule has 0 spiro atoms. The Balaban J connectivity index is 0.000000220. The highest BCUT2D eigenvalue weighted by Gasteiger charge is 2.05. The summed E-state index contributed by atoms with van der Waals surface area (Å²) in [4.78, 5) is 21.1. The second kappa shape index (κ2) is 7.41. The van der Waals surface area contributed by atoms with Crippen LogP contribution in [-0.4, -0.2) is 22.2 Å². The van der Waals surface area contributed by atoms with Crippen LogP contribution in [0.3, 0.4) is 0 Å². The van der Waals surface area contributed by atoms with E-state index in [4.69, 9.17) is 10.2 Å². The number of benzene rings is 2. The van der Waals surface area contributed by atoms with Crippen LogP contribution in [0.25, 0.3) is 0 Å². The van der Waals surface area contributed by atoms with E-state index in [1.54, 1.807) is 32.0 Å². The number of aromatic carboxylic acids is 2. The van der Waals surface area contributed by atoms with E-state index in [-0.39, 0.29) is 0 Å². The average Bonchev–Trinajstić information content (AvgIpc) is 2.41.